The fourth-order valence-corrected chi connectivity index (χ4v) is 3.66. The van der Waals surface area contributed by atoms with Crippen molar-refractivity contribution in [1.29, 1.82) is 0 Å². The lowest BCUT2D eigenvalue weighted by molar-refractivity contribution is 0.0980. The molecule has 106 valence electrons. The Labute approximate surface area is 107 Å². The van der Waals surface area contributed by atoms with Crippen molar-refractivity contribution >= 4 is 15.9 Å². The molecule has 1 heterocycles. The number of oxime groups is 1. The lowest BCUT2D eigenvalue weighted by Gasteiger charge is -2.31. The number of amidine groups is 1. The predicted molar refractivity (Wildman–Crippen MR) is 68.0 cm³/mol. The number of nitrogens with two attached hydrogens (primary N) is 1. The number of hydrogen-bond acceptors (Lipinski definition) is 5. The second kappa shape index (κ2) is 5.85. The summed E-state index contributed by atoms with van der Waals surface area (Å²) < 4.78 is 32.1. The van der Waals surface area contributed by atoms with Crippen molar-refractivity contribution in [3.63, 3.8) is 0 Å². The third kappa shape index (κ3) is 3.33. The van der Waals surface area contributed by atoms with Gasteiger partial charge in [-0.2, -0.15) is 0 Å². The van der Waals surface area contributed by atoms with Crippen LogP contribution in [-0.4, -0.2) is 43.5 Å². The van der Waals surface area contributed by atoms with Gasteiger partial charge in [0.05, 0.1) is 10.8 Å². The van der Waals surface area contributed by atoms with Crippen LogP contribution >= 0.6 is 0 Å². The van der Waals surface area contributed by atoms with Crippen LogP contribution < -0.4 is 10.5 Å². The Morgan fingerprint density at radius 2 is 2.11 bits per heavy atom. The van der Waals surface area contributed by atoms with Crippen molar-refractivity contribution in [2.24, 2.45) is 10.9 Å². The molecule has 18 heavy (non-hydrogen) atoms. The van der Waals surface area contributed by atoms with Crippen LogP contribution in [0.5, 0.6) is 0 Å². The molecule has 1 atom stereocenters. The van der Waals surface area contributed by atoms with E-state index in [4.69, 9.17) is 15.7 Å². The fourth-order valence-electron chi connectivity index (χ4n) is 1.80. The molecular formula is C10H21N3O4S. The minimum absolute atomic E-state index is 0.138. The van der Waals surface area contributed by atoms with E-state index < -0.39 is 20.8 Å². The summed E-state index contributed by atoms with van der Waals surface area (Å²) >= 11 is 0. The maximum atomic E-state index is 12.2. The van der Waals surface area contributed by atoms with E-state index in [-0.39, 0.29) is 5.84 Å². The number of nitrogens with one attached hydrogen (secondary N) is 1. The zero-order valence-electron chi connectivity index (χ0n) is 10.7. The summed E-state index contributed by atoms with van der Waals surface area (Å²) in [6.45, 7) is 4.25. The molecule has 0 aromatic rings. The molecule has 7 nitrogen and oxygen atoms in total. The Morgan fingerprint density at radius 1 is 1.56 bits per heavy atom. The lowest BCUT2D eigenvalue weighted by atomic mass is 10.00. The molecule has 0 spiro atoms. The Bertz CT molecular complexity index is 403. The van der Waals surface area contributed by atoms with Crippen LogP contribution in [0.15, 0.2) is 5.16 Å². The van der Waals surface area contributed by atoms with E-state index in [2.05, 4.69) is 9.88 Å². The van der Waals surface area contributed by atoms with E-state index in [9.17, 15) is 8.42 Å². The Kier molecular flexibility index (Phi) is 4.94. The molecule has 0 radical (unpaired) electrons. The summed E-state index contributed by atoms with van der Waals surface area (Å²) in [6, 6.07) is 0. The molecular weight excluding hydrogens is 258 g/mol. The van der Waals surface area contributed by atoms with Gasteiger partial charge >= 0.3 is 0 Å². The average Bonchev–Trinajstić information content (AvgIpc) is 2.38. The number of nitrogens with zero attached hydrogens (tertiary/aromatic N) is 1. The van der Waals surface area contributed by atoms with Crippen molar-refractivity contribution in [2.45, 2.75) is 43.9 Å². The Balaban J connectivity index is 2.86. The van der Waals surface area contributed by atoms with E-state index >= 15 is 0 Å². The molecule has 0 aromatic heterocycles. The van der Waals surface area contributed by atoms with E-state index in [0.29, 0.717) is 32.5 Å². The smallest absolute Gasteiger partial charge is 0.215 e. The monoisotopic (exact) mass is 279 g/mol. The summed E-state index contributed by atoms with van der Waals surface area (Å²) in [5.74, 6) is -0.138. The second-order valence-corrected chi connectivity index (χ2v) is 6.59. The van der Waals surface area contributed by atoms with Crippen molar-refractivity contribution in [3.05, 3.63) is 0 Å². The lowest BCUT2D eigenvalue weighted by Crippen LogP contribution is -2.57. The summed E-state index contributed by atoms with van der Waals surface area (Å²) in [4.78, 5) is 0. The summed E-state index contributed by atoms with van der Waals surface area (Å²) in [7, 11) is -3.51. The van der Waals surface area contributed by atoms with E-state index in [0.717, 1.165) is 0 Å². The molecule has 8 heteroatoms. The van der Waals surface area contributed by atoms with Crippen molar-refractivity contribution in [1.82, 2.24) is 4.72 Å². The summed E-state index contributed by atoms with van der Waals surface area (Å²) in [5.41, 5.74) is 4.48. The van der Waals surface area contributed by atoms with Gasteiger partial charge in [-0.1, -0.05) is 12.1 Å². The topological polar surface area (TPSA) is 114 Å². The maximum absolute atomic E-state index is 12.2. The third-order valence-electron chi connectivity index (χ3n) is 3.35. The molecule has 0 aromatic carbocycles. The quantitative estimate of drug-likeness (QED) is 0.284. The highest BCUT2D eigenvalue weighted by Crippen LogP contribution is 2.19. The van der Waals surface area contributed by atoms with Crippen LogP contribution in [0.4, 0.5) is 0 Å². The number of rotatable bonds is 5. The summed E-state index contributed by atoms with van der Waals surface area (Å²) in [6.07, 6.45) is 1.32. The average molecular weight is 279 g/mol. The molecule has 4 N–H and O–H groups in total. The van der Waals surface area contributed by atoms with Gasteiger partial charge in [0.1, 0.15) is 0 Å². The molecule has 1 aliphatic heterocycles. The van der Waals surface area contributed by atoms with Gasteiger partial charge in [0.15, 0.2) is 5.84 Å². The van der Waals surface area contributed by atoms with E-state index in [1.54, 1.807) is 13.8 Å². The highest BCUT2D eigenvalue weighted by Gasteiger charge is 2.37. The van der Waals surface area contributed by atoms with Gasteiger partial charge in [-0.25, -0.2) is 13.1 Å². The summed E-state index contributed by atoms with van der Waals surface area (Å²) in [5, 5.41) is 11.1. The van der Waals surface area contributed by atoms with Gasteiger partial charge in [-0.05, 0) is 26.2 Å². The molecule has 0 amide bonds. The van der Waals surface area contributed by atoms with Gasteiger partial charge < -0.3 is 15.7 Å². The predicted octanol–water partition coefficient (Wildman–Crippen LogP) is -0.0001000. The van der Waals surface area contributed by atoms with Crippen LogP contribution in [0.3, 0.4) is 0 Å². The highest BCUT2D eigenvalue weighted by atomic mass is 32.2. The van der Waals surface area contributed by atoms with Crippen molar-refractivity contribution < 1.29 is 18.4 Å². The molecule has 0 aliphatic carbocycles. The highest BCUT2D eigenvalue weighted by molar-refractivity contribution is 7.90. The van der Waals surface area contributed by atoms with E-state index in [1.807, 2.05) is 0 Å². The first kappa shape index (κ1) is 15.2. The first-order valence-corrected chi connectivity index (χ1v) is 7.49. The van der Waals surface area contributed by atoms with Crippen molar-refractivity contribution in [3.8, 4) is 0 Å². The van der Waals surface area contributed by atoms with Gasteiger partial charge in [-0.3, -0.25) is 0 Å². The molecule has 0 bridgehead atoms. The molecule has 1 rings (SSSR count). The van der Waals surface area contributed by atoms with E-state index in [1.165, 1.54) is 0 Å². The standard InChI is InChI=1S/C10H21N3O4S/c1-3-10(2,9(11)12-14)13-18(15,16)8-4-6-17-7-5-8/h8,13-14H,3-7H2,1-2H3,(H2,11,12). The first-order chi connectivity index (χ1) is 8.35. The molecule has 1 saturated heterocycles. The SMILES string of the molecule is CCC(C)(NS(=O)(=O)C1CCOCC1)C(N)=NO. The fraction of sp³-hybridized carbons (Fsp3) is 0.900. The van der Waals surface area contributed by atoms with Crippen LogP contribution in [-0.2, 0) is 14.8 Å². The van der Waals surface area contributed by atoms with Gasteiger partial charge in [0.2, 0.25) is 10.0 Å². The van der Waals surface area contributed by atoms with Gasteiger partial charge in [-0.15, -0.1) is 0 Å². The Morgan fingerprint density at radius 3 is 2.56 bits per heavy atom. The zero-order chi connectivity index (χ0) is 13.8. The van der Waals surface area contributed by atoms with Crippen molar-refractivity contribution in [2.75, 3.05) is 13.2 Å². The second-order valence-electron chi connectivity index (χ2n) is 4.63. The minimum atomic E-state index is -3.51. The molecule has 1 unspecified atom stereocenters. The minimum Gasteiger partial charge on any atom is -0.409 e. The maximum Gasteiger partial charge on any atom is 0.215 e. The number of ether oxygens (including phenoxy) is 1. The molecule has 1 fully saturated rings. The Hall–Kier alpha value is -0.860. The van der Waals surface area contributed by atoms with Crippen LogP contribution in [0.1, 0.15) is 33.1 Å². The normalized spacial score (nSPS) is 22.7. The van der Waals surface area contributed by atoms with Crippen LogP contribution in [0.2, 0.25) is 0 Å². The number of sulfonamides is 1. The number of hydrogen-bond donors (Lipinski definition) is 3. The first-order valence-electron chi connectivity index (χ1n) is 5.94. The largest absolute Gasteiger partial charge is 0.409 e. The third-order valence-corrected chi connectivity index (χ3v) is 5.44. The van der Waals surface area contributed by atoms with Crippen LogP contribution in [0.25, 0.3) is 0 Å². The molecule has 0 saturated carbocycles. The van der Waals surface area contributed by atoms with Crippen LogP contribution in [0, 0.1) is 0 Å². The van der Waals surface area contributed by atoms with Gasteiger partial charge in [0.25, 0.3) is 0 Å². The van der Waals surface area contributed by atoms with Gasteiger partial charge in [0, 0.05) is 13.2 Å². The molecule has 1 aliphatic rings. The zero-order valence-corrected chi connectivity index (χ0v) is 11.5.